The maximum atomic E-state index is 12.8. The number of hydrogen-bond acceptors (Lipinski definition) is 7. The average Bonchev–Trinajstić information content (AvgIpc) is 3.16. The standard InChI is InChI=1S/C20H21ClN4O3S3/c1-13-9-10-16(11-17(13)21)25(31(3,27)28)14(2)18(26)22-19-23-24-20(30-19)29-12-15-7-5-4-6-8-15/h4-11,14H,12H2,1-3H3,(H,22,23,26)/t14-/m1/s1. The predicted octanol–water partition coefficient (Wildman–Crippen LogP) is 4.59. The molecule has 1 aromatic heterocycles. The molecule has 0 saturated carbocycles. The number of nitrogens with zero attached hydrogens (tertiary/aromatic N) is 3. The Bertz CT molecular complexity index is 1170. The van der Waals surface area contributed by atoms with Crippen molar-refractivity contribution >= 4 is 61.4 Å². The molecule has 0 radical (unpaired) electrons. The molecule has 3 aromatic rings. The Labute approximate surface area is 194 Å². The van der Waals surface area contributed by atoms with Crippen LogP contribution in [0.3, 0.4) is 0 Å². The number of carbonyl (C=O) groups is 1. The van der Waals surface area contributed by atoms with E-state index in [9.17, 15) is 13.2 Å². The summed E-state index contributed by atoms with van der Waals surface area (Å²) in [6.45, 7) is 3.33. The zero-order valence-electron chi connectivity index (χ0n) is 17.1. The molecule has 0 bridgehead atoms. The fourth-order valence-corrected chi connectivity index (χ4v) is 5.83. The van der Waals surface area contributed by atoms with Crippen molar-refractivity contribution in [2.75, 3.05) is 15.9 Å². The SMILES string of the molecule is Cc1ccc(N([C@H](C)C(=O)Nc2nnc(SCc3ccccc3)s2)S(C)(=O)=O)cc1Cl. The Morgan fingerprint density at radius 2 is 1.94 bits per heavy atom. The summed E-state index contributed by atoms with van der Waals surface area (Å²) >= 11 is 8.91. The van der Waals surface area contributed by atoms with Gasteiger partial charge in [-0.15, -0.1) is 10.2 Å². The number of aryl methyl sites for hydroxylation is 1. The lowest BCUT2D eigenvalue weighted by atomic mass is 10.2. The molecule has 1 amide bonds. The lowest BCUT2D eigenvalue weighted by Gasteiger charge is -2.28. The van der Waals surface area contributed by atoms with E-state index in [4.69, 9.17) is 11.6 Å². The van der Waals surface area contributed by atoms with Gasteiger partial charge in [-0.25, -0.2) is 8.42 Å². The Balaban J connectivity index is 1.71. The number of aromatic nitrogens is 2. The molecule has 3 rings (SSSR count). The van der Waals surface area contributed by atoms with Crippen LogP contribution < -0.4 is 9.62 Å². The van der Waals surface area contributed by atoms with Crippen molar-refractivity contribution in [2.45, 2.75) is 30.0 Å². The van der Waals surface area contributed by atoms with E-state index in [1.54, 1.807) is 12.1 Å². The minimum Gasteiger partial charge on any atom is -0.299 e. The van der Waals surface area contributed by atoms with Gasteiger partial charge >= 0.3 is 0 Å². The van der Waals surface area contributed by atoms with Crippen molar-refractivity contribution in [3.63, 3.8) is 0 Å². The first-order valence-corrected chi connectivity index (χ1v) is 13.2. The highest BCUT2D eigenvalue weighted by molar-refractivity contribution is 8.00. The van der Waals surface area contributed by atoms with E-state index in [-0.39, 0.29) is 0 Å². The maximum Gasteiger partial charge on any atom is 0.249 e. The first-order valence-electron chi connectivity index (χ1n) is 9.22. The molecule has 0 aliphatic rings. The molecule has 164 valence electrons. The summed E-state index contributed by atoms with van der Waals surface area (Å²) in [5.41, 5.74) is 2.28. The van der Waals surface area contributed by atoms with Gasteiger partial charge in [0.15, 0.2) is 4.34 Å². The Morgan fingerprint density at radius 3 is 2.58 bits per heavy atom. The second kappa shape index (κ2) is 9.99. The third-order valence-corrected chi connectivity index (χ3v) is 8.03. The highest BCUT2D eigenvalue weighted by Gasteiger charge is 2.30. The molecule has 1 N–H and O–H groups in total. The molecule has 7 nitrogen and oxygen atoms in total. The molecule has 0 fully saturated rings. The monoisotopic (exact) mass is 496 g/mol. The molecular weight excluding hydrogens is 476 g/mol. The zero-order chi connectivity index (χ0) is 22.6. The van der Waals surface area contributed by atoms with Crippen LogP contribution in [-0.4, -0.2) is 36.8 Å². The summed E-state index contributed by atoms with van der Waals surface area (Å²) in [6, 6.07) is 13.8. The van der Waals surface area contributed by atoms with Gasteiger partial charge in [-0.05, 0) is 37.1 Å². The third kappa shape index (κ3) is 6.19. The molecule has 0 unspecified atom stereocenters. The Morgan fingerprint density at radius 1 is 1.23 bits per heavy atom. The minimum atomic E-state index is -3.74. The summed E-state index contributed by atoms with van der Waals surface area (Å²) in [4.78, 5) is 12.8. The van der Waals surface area contributed by atoms with Crippen LogP contribution in [0.4, 0.5) is 10.8 Å². The maximum absolute atomic E-state index is 12.8. The van der Waals surface area contributed by atoms with Crippen molar-refractivity contribution in [1.82, 2.24) is 10.2 Å². The molecular formula is C20H21ClN4O3S3. The fraction of sp³-hybridized carbons (Fsp3) is 0.250. The molecule has 0 spiro atoms. The van der Waals surface area contributed by atoms with Crippen LogP contribution >= 0.6 is 34.7 Å². The van der Waals surface area contributed by atoms with Gasteiger partial charge in [-0.2, -0.15) is 0 Å². The van der Waals surface area contributed by atoms with E-state index < -0.39 is 22.0 Å². The zero-order valence-corrected chi connectivity index (χ0v) is 20.3. The quantitative estimate of drug-likeness (QED) is 0.362. The van der Waals surface area contributed by atoms with Crippen molar-refractivity contribution in [3.05, 3.63) is 64.7 Å². The second-order valence-corrected chi connectivity index (χ2v) is 11.3. The smallest absolute Gasteiger partial charge is 0.249 e. The number of halogens is 1. The molecule has 0 saturated heterocycles. The van der Waals surface area contributed by atoms with E-state index >= 15 is 0 Å². The number of rotatable bonds is 8. The Hall–Kier alpha value is -2.14. The topological polar surface area (TPSA) is 92.3 Å². The van der Waals surface area contributed by atoms with Crippen molar-refractivity contribution in [1.29, 1.82) is 0 Å². The number of sulfonamides is 1. The van der Waals surface area contributed by atoms with Crippen molar-refractivity contribution in [3.8, 4) is 0 Å². The van der Waals surface area contributed by atoms with E-state index in [0.29, 0.717) is 20.2 Å². The van der Waals surface area contributed by atoms with E-state index in [1.165, 1.54) is 36.1 Å². The van der Waals surface area contributed by atoms with Crippen LogP contribution in [0, 0.1) is 6.92 Å². The van der Waals surface area contributed by atoms with Gasteiger partial charge < -0.3 is 0 Å². The van der Waals surface area contributed by atoms with Crippen LogP contribution in [0.1, 0.15) is 18.1 Å². The Kier molecular flexibility index (Phi) is 7.58. The van der Waals surface area contributed by atoms with Gasteiger partial charge in [0.05, 0.1) is 11.9 Å². The molecule has 0 aliphatic heterocycles. The highest BCUT2D eigenvalue weighted by atomic mass is 35.5. The van der Waals surface area contributed by atoms with Crippen molar-refractivity contribution in [2.24, 2.45) is 0 Å². The summed E-state index contributed by atoms with van der Waals surface area (Å²) < 4.78 is 26.6. The summed E-state index contributed by atoms with van der Waals surface area (Å²) in [7, 11) is -3.74. The fourth-order valence-electron chi connectivity index (χ4n) is 2.78. The normalized spacial score (nSPS) is 12.4. The van der Waals surface area contributed by atoms with E-state index in [0.717, 1.165) is 27.4 Å². The molecule has 2 aromatic carbocycles. The summed E-state index contributed by atoms with van der Waals surface area (Å²) in [5.74, 6) is 0.216. The van der Waals surface area contributed by atoms with Gasteiger partial charge in [0, 0.05) is 10.8 Å². The number of benzene rings is 2. The van der Waals surface area contributed by atoms with Crippen LogP contribution in [-0.2, 0) is 20.6 Å². The van der Waals surface area contributed by atoms with Crippen LogP contribution in [0.15, 0.2) is 52.9 Å². The van der Waals surface area contributed by atoms with Gasteiger partial charge in [0.1, 0.15) is 6.04 Å². The summed E-state index contributed by atoms with van der Waals surface area (Å²) in [5, 5.41) is 11.5. The largest absolute Gasteiger partial charge is 0.299 e. The van der Waals surface area contributed by atoms with Gasteiger partial charge in [-0.1, -0.05) is 71.1 Å². The number of carbonyl (C=O) groups excluding carboxylic acids is 1. The van der Waals surface area contributed by atoms with Gasteiger partial charge in [-0.3, -0.25) is 14.4 Å². The highest BCUT2D eigenvalue weighted by Crippen LogP contribution is 2.30. The first kappa shape index (κ1) is 23.5. The first-order chi connectivity index (χ1) is 14.6. The number of hydrogen-bond donors (Lipinski definition) is 1. The third-order valence-electron chi connectivity index (χ3n) is 4.34. The van der Waals surface area contributed by atoms with Gasteiger partial charge in [0.2, 0.25) is 21.1 Å². The summed E-state index contributed by atoms with van der Waals surface area (Å²) in [6.07, 6.45) is 1.05. The molecule has 31 heavy (non-hydrogen) atoms. The lowest BCUT2D eigenvalue weighted by molar-refractivity contribution is -0.116. The molecule has 1 atom stereocenters. The van der Waals surface area contributed by atoms with Crippen LogP contribution in [0.25, 0.3) is 0 Å². The second-order valence-electron chi connectivity index (χ2n) is 6.80. The number of amides is 1. The predicted molar refractivity (Wildman–Crippen MR) is 128 cm³/mol. The average molecular weight is 497 g/mol. The number of thioether (sulfide) groups is 1. The number of nitrogens with one attached hydrogen (secondary N) is 1. The molecule has 1 heterocycles. The minimum absolute atomic E-state index is 0.308. The van der Waals surface area contributed by atoms with Crippen LogP contribution in [0.2, 0.25) is 5.02 Å². The van der Waals surface area contributed by atoms with Gasteiger partial charge in [0.25, 0.3) is 0 Å². The van der Waals surface area contributed by atoms with E-state index in [1.807, 2.05) is 37.3 Å². The number of anilines is 2. The lowest BCUT2D eigenvalue weighted by Crippen LogP contribution is -2.45. The van der Waals surface area contributed by atoms with Crippen LogP contribution in [0.5, 0.6) is 0 Å². The van der Waals surface area contributed by atoms with E-state index in [2.05, 4.69) is 15.5 Å². The molecule has 0 aliphatic carbocycles. The molecule has 11 heteroatoms. The van der Waals surface area contributed by atoms with Crippen molar-refractivity contribution < 1.29 is 13.2 Å².